The number of para-hydroxylation sites is 1. The molecule has 2 aromatic carbocycles. The smallest absolute Gasteiger partial charge is 0.0702 e. The molecule has 20 heavy (non-hydrogen) atoms. The molecule has 0 bridgehead atoms. The van der Waals surface area contributed by atoms with E-state index in [1.807, 2.05) is 36.5 Å². The molecule has 0 radical (unpaired) electrons. The number of hydrogen-bond acceptors (Lipinski definition) is 2. The van der Waals surface area contributed by atoms with E-state index in [1.54, 1.807) is 0 Å². The molecule has 1 unspecified atom stereocenters. The Morgan fingerprint density at radius 3 is 2.75 bits per heavy atom. The van der Waals surface area contributed by atoms with Gasteiger partial charge in [-0.25, -0.2) is 0 Å². The summed E-state index contributed by atoms with van der Waals surface area (Å²) in [5.74, 6) is 0. The second-order valence-electron chi connectivity index (χ2n) is 4.89. The summed E-state index contributed by atoms with van der Waals surface area (Å²) in [5, 5.41) is 1.12. The zero-order valence-electron chi connectivity index (χ0n) is 11.2. The Balaban J connectivity index is 2.08. The first-order chi connectivity index (χ1) is 9.66. The van der Waals surface area contributed by atoms with E-state index in [0.717, 1.165) is 26.5 Å². The first kappa shape index (κ1) is 13.3. The lowest BCUT2D eigenvalue weighted by Crippen LogP contribution is -2.13. The van der Waals surface area contributed by atoms with Gasteiger partial charge in [-0.05, 0) is 41.8 Å². The van der Waals surface area contributed by atoms with Gasteiger partial charge in [0.05, 0.1) is 11.6 Å². The van der Waals surface area contributed by atoms with Crippen molar-refractivity contribution in [2.45, 2.75) is 13.0 Å². The van der Waals surface area contributed by atoms with Gasteiger partial charge in [0, 0.05) is 16.1 Å². The lowest BCUT2D eigenvalue weighted by atomic mass is 9.96. The zero-order chi connectivity index (χ0) is 14.1. The molecule has 0 saturated carbocycles. The highest BCUT2D eigenvalue weighted by molar-refractivity contribution is 9.10. The number of hydrogen-bond donors (Lipinski definition) is 1. The van der Waals surface area contributed by atoms with Crippen molar-refractivity contribution in [1.29, 1.82) is 0 Å². The van der Waals surface area contributed by atoms with Crippen molar-refractivity contribution in [3.63, 3.8) is 0 Å². The van der Waals surface area contributed by atoms with Crippen LogP contribution in [0.4, 0.5) is 0 Å². The quantitative estimate of drug-likeness (QED) is 0.760. The predicted octanol–water partition coefficient (Wildman–Crippen LogP) is 4.35. The Hall–Kier alpha value is -1.71. The highest BCUT2D eigenvalue weighted by Gasteiger charge is 2.13. The normalized spacial score (nSPS) is 12.6. The number of rotatable bonds is 2. The Kier molecular flexibility index (Phi) is 3.55. The zero-order valence-corrected chi connectivity index (χ0v) is 12.8. The van der Waals surface area contributed by atoms with Crippen molar-refractivity contribution >= 4 is 26.8 Å². The van der Waals surface area contributed by atoms with Gasteiger partial charge in [-0.15, -0.1) is 0 Å². The van der Waals surface area contributed by atoms with Gasteiger partial charge in [-0.2, -0.15) is 0 Å². The molecule has 2 N–H and O–H groups in total. The number of aromatic nitrogens is 1. The maximum absolute atomic E-state index is 6.42. The van der Waals surface area contributed by atoms with E-state index in [4.69, 9.17) is 5.73 Å². The first-order valence-corrected chi connectivity index (χ1v) is 7.31. The molecule has 0 aliphatic rings. The fraction of sp³-hybridized carbons (Fsp3) is 0.118. The molecule has 3 heteroatoms. The summed E-state index contributed by atoms with van der Waals surface area (Å²) >= 11 is 3.56. The third-order valence-corrected chi connectivity index (χ3v) is 4.47. The molecule has 0 fully saturated rings. The van der Waals surface area contributed by atoms with Crippen molar-refractivity contribution in [1.82, 2.24) is 4.98 Å². The molecule has 3 rings (SSSR count). The van der Waals surface area contributed by atoms with Gasteiger partial charge in [0.1, 0.15) is 0 Å². The molecule has 100 valence electrons. The number of nitrogens with zero attached hydrogens (tertiary/aromatic N) is 1. The van der Waals surface area contributed by atoms with Crippen LogP contribution in [0.25, 0.3) is 10.9 Å². The van der Waals surface area contributed by atoms with E-state index >= 15 is 0 Å². The standard InChI is InChI=1S/C17H15BrN2/c1-11-14(6-4-7-15(11)18)17(19)13-9-12-5-2-3-8-16(12)20-10-13/h2-10,17H,19H2,1H3. The third-order valence-electron chi connectivity index (χ3n) is 3.62. The van der Waals surface area contributed by atoms with Crippen LogP contribution >= 0.6 is 15.9 Å². The molecule has 0 amide bonds. The van der Waals surface area contributed by atoms with Crippen LogP contribution in [0.15, 0.2) is 59.2 Å². The van der Waals surface area contributed by atoms with E-state index < -0.39 is 0 Å². The topological polar surface area (TPSA) is 38.9 Å². The summed E-state index contributed by atoms with van der Waals surface area (Å²) in [5.41, 5.74) is 10.7. The lowest BCUT2D eigenvalue weighted by Gasteiger charge is -2.16. The van der Waals surface area contributed by atoms with E-state index in [0.29, 0.717) is 0 Å². The van der Waals surface area contributed by atoms with Crippen molar-refractivity contribution < 1.29 is 0 Å². The molecule has 0 aliphatic heterocycles. The van der Waals surface area contributed by atoms with Crippen molar-refractivity contribution in [2.24, 2.45) is 5.73 Å². The van der Waals surface area contributed by atoms with Crippen molar-refractivity contribution in [3.8, 4) is 0 Å². The van der Waals surface area contributed by atoms with Crippen LogP contribution < -0.4 is 5.73 Å². The first-order valence-electron chi connectivity index (χ1n) is 6.52. The van der Waals surface area contributed by atoms with Crippen LogP contribution in [0.3, 0.4) is 0 Å². The molecular formula is C17H15BrN2. The minimum Gasteiger partial charge on any atom is -0.320 e. The molecule has 2 nitrogen and oxygen atoms in total. The maximum Gasteiger partial charge on any atom is 0.0702 e. The summed E-state index contributed by atoms with van der Waals surface area (Å²) in [6.45, 7) is 2.08. The predicted molar refractivity (Wildman–Crippen MR) is 86.7 cm³/mol. The summed E-state index contributed by atoms with van der Waals surface area (Å²) in [6, 6.07) is 16.2. The second-order valence-corrected chi connectivity index (χ2v) is 5.75. The van der Waals surface area contributed by atoms with E-state index in [1.165, 1.54) is 5.56 Å². The number of halogens is 1. The number of fused-ring (bicyclic) bond motifs is 1. The van der Waals surface area contributed by atoms with Crippen LogP contribution in [-0.4, -0.2) is 4.98 Å². The van der Waals surface area contributed by atoms with Gasteiger partial charge in [-0.1, -0.05) is 46.3 Å². The summed E-state index contributed by atoms with van der Waals surface area (Å²) < 4.78 is 1.08. The Labute approximate surface area is 126 Å². The summed E-state index contributed by atoms with van der Waals surface area (Å²) in [4.78, 5) is 4.49. The minimum absolute atomic E-state index is 0.162. The average molecular weight is 327 g/mol. The monoisotopic (exact) mass is 326 g/mol. The minimum atomic E-state index is -0.162. The molecule has 0 spiro atoms. The molecule has 0 aliphatic carbocycles. The van der Waals surface area contributed by atoms with Crippen molar-refractivity contribution in [3.05, 3.63) is 75.9 Å². The Bertz CT molecular complexity index is 768. The molecule has 0 saturated heterocycles. The Morgan fingerprint density at radius 2 is 1.90 bits per heavy atom. The second kappa shape index (κ2) is 5.35. The third kappa shape index (κ3) is 2.35. The Morgan fingerprint density at radius 1 is 1.10 bits per heavy atom. The largest absolute Gasteiger partial charge is 0.320 e. The fourth-order valence-electron chi connectivity index (χ4n) is 2.40. The lowest BCUT2D eigenvalue weighted by molar-refractivity contribution is 0.856. The van der Waals surface area contributed by atoms with Crippen molar-refractivity contribution in [2.75, 3.05) is 0 Å². The maximum atomic E-state index is 6.42. The van der Waals surface area contributed by atoms with E-state index in [9.17, 15) is 0 Å². The van der Waals surface area contributed by atoms with Gasteiger partial charge in [-0.3, -0.25) is 4.98 Å². The van der Waals surface area contributed by atoms with Gasteiger partial charge in [0.25, 0.3) is 0 Å². The molecule has 1 atom stereocenters. The summed E-state index contributed by atoms with van der Waals surface area (Å²) in [6.07, 6.45) is 1.87. The van der Waals surface area contributed by atoms with E-state index in [2.05, 4.69) is 46.0 Å². The molecule has 1 aromatic heterocycles. The SMILES string of the molecule is Cc1c(Br)cccc1C(N)c1cnc2ccccc2c1. The highest BCUT2D eigenvalue weighted by atomic mass is 79.9. The van der Waals surface area contributed by atoms with E-state index in [-0.39, 0.29) is 6.04 Å². The van der Waals surface area contributed by atoms with Crippen LogP contribution in [0.5, 0.6) is 0 Å². The van der Waals surface area contributed by atoms with Crippen LogP contribution in [0, 0.1) is 6.92 Å². The van der Waals surface area contributed by atoms with Gasteiger partial charge < -0.3 is 5.73 Å². The fourth-order valence-corrected chi connectivity index (χ4v) is 2.78. The molecule has 1 heterocycles. The summed E-state index contributed by atoms with van der Waals surface area (Å²) in [7, 11) is 0. The number of benzene rings is 2. The molecule has 3 aromatic rings. The van der Waals surface area contributed by atoms with Gasteiger partial charge in [0.2, 0.25) is 0 Å². The van der Waals surface area contributed by atoms with Gasteiger partial charge >= 0.3 is 0 Å². The average Bonchev–Trinajstić information content (AvgIpc) is 2.49. The van der Waals surface area contributed by atoms with Crippen LogP contribution in [0.2, 0.25) is 0 Å². The molecular weight excluding hydrogens is 312 g/mol. The van der Waals surface area contributed by atoms with Crippen LogP contribution in [0.1, 0.15) is 22.7 Å². The van der Waals surface area contributed by atoms with Gasteiger partial charge in [0.15, 0.2) is 0 Å². The van der Waals surface area contributed by atoms with Crippen LogP contribution in [-0.2, 0) is 0 Å². The highest BCUT2D eigenvalue weighted by Crippen LogP contribution is 2.28. The number of pyridine rings is 1. The number of nitrogens with two attached hydrogens (primary N) is 1.